The summed E-state index contributed by atoms with van der Waals surface area (Å²) >= 11 is 0. The fourth-order valence-electron chi connectivity index (χ4n) is 3.27. The van der Waals surface area contributed by atoms with Crippen LogP contribution in [0, 0.1) is 5.92 Å². The number of hydrogen-bond acceptors (Lipinski definition) is 4. The molecule has 1 aromatic carbocycles. The van der Waals surface area contributed by atoms with Crippen molar-refractivity contribution in [3.8, 4) is 5.75 Å². The number of hydrogen-bond donors (Lipinski definition) is 2. The lowest BCUT2D eigenvalue weighted by Crippen LogP contribution is -2.46. The monoisotopic (exact) mass is 401 g/mol. The Balaban J connectivity index is 1.75. The third-order valence-electron chi connectivity index (χ3n) is 4.66. The van der Waals surface area contributed by atoms with Crippen LogP contribution in [0.5, 0.6) is 5.75 Å². The van der Waals surface area contributed by atoms with E-state index in [-0.39, 0.29) is 36.7 Å². The molecule has 0 spiro atoms. The summed E-state index contributed by atoms with van der Waals surface area (Å²) in [6.07, 6.45) is -0.373. The smallest absolute Gasteiger partial charge is 0.406 e. The van der Waals surface area contributed by atoms with Gasteiger partial charge in [0.15, 0.2) is 0 Å². The van der Waals surface area contributed by atoms with E-state index in [9.17, 15) is 22.8 Å². The van der Waals surface area contributed by atoms with E-state index in [1.807, 2.05) is 0 Å². The van der Waals surface area contributed by atoms with Gasteiger partial charge in [0.2, 0.25) is 11.8 Å². The molecule has 1 aliphatic rings. The van der Waals surface area contributed by atoms with Crippen LogP contribution in [-0.2, 0) is 9.59 Å². The van der Waals surface area contributed by atoms with Gasteiger partial charge in [-0.1, -0.05) is 19.8 Å². The number of alkyl halides is 3. The summed E-state index contributed by atoms with van der Waals surface area (Å²) in [5.74, 6) is -0.402. The van der Waals surface area contributed by atoms with Crippen LogP contribution in [0.25, 0.3) is 0 Å². The summed E-state index contributed by atoms with van der Waals surface area (Å²) in [5, 5.41) is 5.60. The molecule has 6 nitrogen and oxygen atoms in total. The van der Waals surface area contributed by atoms with Crippen LogP contribution in [0.1, 0.15) is 32.6 Å². The largest absolute Gasteiger partial charge is 0.573 e. The minimum Gasteiger partial charge on any atom is -0.406 e. The summed E-state index contributed by atoms with van der Waals surface area (Å²) in [5.41, 5.74) is 0.341. The minimum absolute atomic E-state index is 0.0194. The summed E-state index contributed by atoms with van der Waals surface area (Å²) in [6, 6.07) is 5.05. The first-order valence-electron chi connectivity index (χ1n) is 9.26. The zero-order chi connectivity index (χ0) is 20.7. The number of anilines is 1. The Morgan fingerprint density at radius 1 is 1.11 bits per heavy atom. The molecule has 0 saturated heterocycles. The molecule has 1 aliphatic carbocycles. The van der Waals surface area contributed by atoms with Gasteiger partial charge in [0, 0.05) is 11.7 Å². The van der Waals surface area contributed by atoms with Crippen LogP contribution in [-0.4, -0.2) is 49.3 Å². The molecule has 28 heavy (non-hydrogen) atoms. The lowest BCUT2D eigenvalue weighted by atomic mass is 9.86. The van der Waals surface area contributed by atoms with Crippen molar-refractivity contribution in [2.45, 2.75) is 45.0 Å². The number of carbonyl (C=O) groups excluding carboxylic acids is 2. The topological polar surface area (TPSA) is 70.7 Å². The number of nitrogens with zero attached hydrogens (tertiary/aromatic N) is 1. The predicted octanol–water partition coefficient (Wildman–Crippen LogP) is 3.15. The zero-order valence-electron chi connectivity index (χ0n) is 16.0. The van der Waals surface area contributed by atoms with Crippen molar-refractivity contribution in [3.63, 3.8) is 0 Å². The predicted molar refractivity (Wildman–Crippen MR) is 98.8 cm³/mol. The normalized spacial score (nSPS) is 19.9. The molecule has 0 aliphatic heterocycles. The second-order valence-electron chi connectivity index (χ2n) is 7.23. The molecule has 0 bridgehead atoms. The minimum atomic E-state index is -4.76. The quantitative estimate of drug-likeness (QED) is 0.736. The number of amides is 2. The first-order chi connectivity index (χ1) is 13.1. The summed E-state index contributed by atoms with van der Waals surface area (Å²) < 4.78 is 40.2. The van der Waals surface area contributed by atoms with E-state index < -0.39 is 6.36 Å². The standard InChI is InChI=1S/C19H26F3N3O3/c1-13-5-3-4-6-16(13)24-18(27)12-25(2)11-17(26)23-14-7-9-15(10-8-14)28-19(20,21)22/h7-10,13,16H,3-6,11-12H2,1-2H3,(H,23,26)(H,24,27)/t13-,16-/m1/s1. The second kappa shape index (κ2) is 9.77. The van der Waals surface area contributed by atoms with Crippen molar-refractivity contribution in [3.05, 3.63) is 24.3 Å². The number of ether oxygens (including phenoxy) is 1. The van der Waals surface area contributed by atoms with Crippen molar-refractivity contribution in [1.82, 2.24) is 10.2 Å². The molecule has 2 rings (SSSR count). The Morgan fingerprint density at radius 3 is 2.32 bits per heavy atom. The molecular formula is C19H26F3N3O3. The molecule has 1 fully saturated rings. The van der Waals surface area contributed by atoms with Gasteiger partial charge in [0.1, 0.15) is 5.75 Å². The SMILES string of the molecule is C[C@@H]1CCCC[C@H]1NC(=O)CN(C)CC(=O)Nc1ccc(OC(F)(F)F)cc1. The Kier molecular flexibility index (Phi) is 7.68. The van der Waals surface area contributed by atoms with Crippen LogP contribution in [0.4, 0.5) is 18.9 Å². The fourth-order valence-corrected chi connectivity index (χ4v) is 3.27. The van der Waals surface area contributed by atoms with Gasteiger partial charge in [-0.15, -0.1) is 13.2 Å². The van der Waals surface area contributed by atoms with Gasteiger partial charge in [-0.05, 0) is 50.1 Å². The summed E-state index contributed by atoms with van der Waals surface area (Å²) in [7, 11) is 1.66. The third kappa shape index (κ3) is 7.75. The van der Waals surface area contributed by atoms with Crippen LogP contribution in [0.3, 0.4) is 0 Å². The van der Waals surface area contributed by atoms with Gasteiger partial charge >= 0.3 is 6.36 Å². The van der Waals surface area contributed by atoms with Gasteiger partial charge < -0.3 is 15.4 Å². The van der Waals surface area contributed by atoms with E-state index in [1.165, 1.54) is 18.6 Å². The van der Waals surface area contributed by atoms with Crippen LogP contribution in [0.2, 0.25) is 0 Å². The van der Waals surface area contributed by atoms with Crippen molar-refractivity contribution >= 4 is 17.5 Å². The van der Waals surface area contributed by atoms with E-state index in [0.717, 1.165) is 31.4 Å². The summed E-state index contributed by atoms with van der Waals surface area (Å²) in [6.45, 7) is 2.20. The van der Waals surface area contributed by atoms with Gasteiger partial charge in [-0.2, -0.15) is 0 Å². The molecule has 156 valence electrons. The first kappa shape index (κ1) is 22.0. The van der Waals surface area contributed by atoms with Crippen LogP contribution >= 0.6 is 0 Å². The van der Waals surface area contributed by atoms with Gasteiger partial charge in [-0.25, -0.2) is 0 Å². The number of nitrogens with one attached hydrogen (secondary N) is 2. The highest BCUT2D eigenvalue weighted by Crippen LogP contribution is 2.24. The maximum atomic E-state index is 12.2. The summed E-state index contributed by atoms with van der Waals surface area (Å²) in [4.78, 5) is 25.8. The molecule has 2 atom stereocenters. The Bertz CT molecular complexity index is 665. The molecule has 1 saturated carbocycles. The number of likely N-dealkylation sites (N-methyl/N-ethyl adjacent to an activating group) is 1. The molecule has 0 aromatic heterocycles. The molecule has 2 N–H and O–H groups in total. The lowest BCUT2D eigenvalue weighted by Gasteiger charge is -2.30. The Morgan fingerprint density at radius 2 is 1.71 bits per heavy atom. The van der Waals surface area contributed by atoms with E-state index >= 15 is 0 Å². The van der Waals surface area contributed by atoms with Crippen LogP contribution < -0.4 is 15.4 Å². The van der Waals surface area contributed by atoms with Gasteiger partial charge in [0.25, 0.3) is 0 Å². The molecule has 0 heterocycles. The van der Waals surface area contributed by atoms with Crippen molar-refractivity contribution < 1.29 is 27.5 Å². The molecular weight excluding hydrogens is 375 g/mol. The fraction of sp³-hybridized carbons (Fsp3) is 0.579. The average molecular weight is 401 g/mol. The average Bonchev–Trinajstić information content (AvgIpc) is 2.57. The van der Waals surface area contributed by atoms with Crippen molar-refractivity contribution in [2.75, 3.05) is 25.5 Å². The van der Waals surface area contributed by atoms with Crippen LogP contribution in [0.15, 0.2) is 24.3 Å². The number of rotatable bonds is 7. The number of carbonyl (C=O) groups is 2. The van der Waals surface area contributed by atoms with Gasteiger partial charge in [-0.3, -0.25) is 14.5 Å². The number of halogens is 3. The maximum Gasteiger partial charge on any atom is 0.573 e. The molecule has 2 amide bonds. The van der Waals surface area contributed by atoms with E-state index in [1.54, 1.807) is 11.9 Å². The maximum absolute atomic E-state index is 12.2. The first-order valence-corrected chi connectivity index (χ1v) is 9.26. The second-order valence-corrected chi connectivity index (χ2v) is 7.23. The highest BCUT2D eigenvalue weighted by atomic mass is 19.4. The highest BCUT2D eigenvalue weighted by molar-refractivity contribution is 5.92. The van der Waals surface area contributed by atoms with E-state index in [4.69, 9.17) is 0 Å². The molecule has 1 aromatic rings. The zero-order valence-corrected chi connectivity index (χ0v) is 16.0. The molecule has 9 heteroatoms. The Hall–Kier alpha value is -2.29. The lowest BCUT2D eigenvalue weighted by molar-refractivity contribution is -0.274. The van der Waals surface area contributed by atoms with E-state index in [0.29, 0.717) is 11.6 Å². The number of benzene rings is 1. The highest BCUT2D eigenvalue weighted by Gasteiger charge is 2.31. The van der Waals surface area contributed by atoms with Crippen molar-refractivity contribution in [2.24, 2.45) is 5.92 Å². The Labute approximate surface area is 162 Å². The van der Waals surface area contributed by atoms with Gasteiger partial charge in [0.05, 0.1) is 13.1 Å². The van der Waals surface area contributed by atoms with Crippen molar-refractivity contribution in [1.29, 1.82) is 0 Å². The molecule has 0 radical (unpaired) electrons. The third-order valence-corrected chi connectivity index (χ3v) is 4.66. The molecule has 0 unspecified atom stereocenters. The van der Waals surface area contributed by atoms with E-state index in [2.05, 4.69) is 22.3 Å².